The number of anilines is 1. The second kappa shape index (κ2) is 7.79. The van der Waals surface area contributed by atoms with E-state index in [0.29, 0.717) is 24.9 Å². The minimum Gasteiger partial charge on any atom is -0.393 e. The summed E-state index contributed by atoms with van der Waals surface area (Å²) in [5.41, 5.74) is 1.48. The zero-order chi connectivity index (χ0) is 14.3. The van der Waals surface area contributed by atoms with Gasteiger partial charge < -0.3 is 15.7 Å². The monoisotopic (exact) mass is 264 g/mol. The van der Waals surface area contributed by atoms with Crippen LogP contribution < -0.4 is 10.6 Å². The van der Waals surface area contributed by atoms with Crippen molar-refractivity contribution in [3.63, 3.8) is 0 Å². The van der Waals surface area contributed by atoms with Crippen molar-refractivity contribution >= 4 is 11.6 Å². The lowest BCUT2D eigenvalue weighted by Gasteiger charge is -2.15. The number of para-hydroxylation sites is 1. The molecule has 1 amide bonds. The molecule has 0 spiro atoms. The molecular formula is C15H24N2O2. The Kier molecular flexibility index (Phi) is 6.36. The molecule has 0 fully saturated rings. The molecule has 1 atom stereocenters. The SMILES string of the molecule is CCC(O)CCNC(=O)c1ccccc1NC(C)C. The number of benzene rings is 1. The number of hydrogen-bond donors (Lipinski definition) is 3. The van der Waals surface area contributed by atoms with Gasteiger partial charge >= 0.3 is 0 Å². The zero-order valence-corrected chi connectivity index (χ0v) is 11.9. The van der Waals surface area contributed by atoms with Gasteiger partial charge in [0.1, 0.15) is 0 Å². The maximum Gasteiger partial charge on any atom is 0.253 e. The first-order valence-electron chi connectivity index (χ1n) is 6.86. The fourth-order valence-electron chi connectivity index (χ4n) is 1.77. The highest BCUT2D eigenvalue weighted by Gasteiger charge is 2.11. The maximum absolute atomic E-state index is 12.1. The first kappa shape index (κ1) is 15.5. The van der Waals surface area contributed by atoms with Gasteiger partial charge in [-0.15, -0.1) is 0 Å². The number of rotatable bonds is 7. The summed E-state index contributed by atoms with van der Waals surface area (Å²) < 4.78 is 0. The van der Waals surface area contributed by atoms with Gasteiger partial charge in [-0.3, -0.25) is 4.79 Å². The summed E-state index contributed by atoms with van der Waals surface area (Å²) in [6.45, 7) is 6.48. The van der Waals surface area contributed by atoms with Crippen molar-refractivity contribution in [3.05, 3.63) is 29.8 Å². The minimum atomic E-state index is -0.343. The summed E-state index contributed by atoms with van der Waals surface area (Å²) in [7, 11) is 0. The van der Waals surface area contributed by atoms with Gasteiger partial charge in [0.05, 0.1) is 11.7 Å². The minimum absolute atomic E-state index is 0.105. The molecule has 0 bridgehead atoms. The number of aliphatic hydroxyl groups excluding tert-OH is 1. The smallest absolute Gasteiger partial charge is 0.253 e. The maximum atomic E-state index is 12.1. The predicted molar refractivity (Wildman–Crippen MR) is 78.4 cm³/mol. The Morgan fingerprint density at radius 1 is 1.32 bits per heavy atom. The van der Waals surface area contributed by atoms with Crippen LogP contribution in [0.1, 0.15) is 44.0 Å². The van der Waals surface area contributed by atoms with Crippen LogP contribution in [0, 0.1) is 0 Å². The molecule has 0 aromatic heterocycles. The van der Waals surface area contributed by atoms with Crippen LogP contribution in [0.3, 0.4) is 0 Å². The molecule has 0 aliphatic carbocycles. The molecule has 0 heterocycles. The number of amides is 1. The average Bonchev–Trinajstić information content (AvgIpc) is 2.38. The van der Waals surface area contributed by atoms with Gasteiger partial charge in [0.2, 0.25) is 0 Å². The summed E-state index contributed by atoms with van der Waals surface area (Å²) in [4.78, 5) is 12.1. The number of carbonyl (C=O) groups excluding carboxylic acids is 1. The molecule has 1 aromatic rings. The van der Waals surface area contributed by atoms with Crippen LogP contribution in [0.15, 0.2) is 24.3 Å². The van der Waals surface area contributed by atoms with E-state index in [1.165, 1.54) is 0 Å². The summed E-state index contributed by atoms with van der Waals surface area (Å²) in [6.07, 6.45) is 0.952. The number of hydrogen-bond acceptors (Lipinski definition) is 3. The highest BCUT2D eigenvalue weighted by molar-refractivity contribution is 5.99. The second-order valence-electron chi connectivity index (χ2n) is 4.95. The Bertz CT molecular complexity index is 405. The normalized spacial score (nSPS) is 12.3. The molecule has 1 unspecified atom stereocenters. The van der Waals surface area contributed by atoms with Gasteiger partial charge in [0.25, 0.3) is 5.91 Å². The Morgan fingerprint density at radius 3 is 2.63 bits per heavy atom. The van der Waals surface area contributed by atoms with Crippen molar-refractivity contribution in [3.8, 4) is 0 Å². The Morgan fingerprint density at radius 2 is 2.00 bits per heavy atom. The van der Waals surface area contributed by atoms with E-state index in [4.69, 9.17) is 0 Å². The summed E-state index contributed by atoms with van der Waals surface area (Å²) in [5, 5.41) is 15.5. The van der Waals surface area contributed by atoms with Crippen LogP contribution in [0.2, 0.25) is 0 Å². The molecule has 4 heteroatoms. The van der Waals surface area contributed by atoms with E-state index in [9.17, 15) is 9.90 Å². The van der Waals surface area contributed by atoms with Gasteiger partial charge in [-0.05, 0) is 38.8 Å². The molecule has 0 aliphatic rings. The molecular weight excluding hydrogens is 240 g/mol. The molecule has 106 valence electrons. The lowest BCUT2D eigenvalue weighted by Crippen LogP contribution is -2.28. The standard InChI is InChI=1S/C15H24N2O2/c1-4-12(18)9-10-16-15(19)13-7-5-6-8-14(13)17-11(2)3/h5-8,11-12,17-18H,4,9-10H2,1-3H3,(H,16,19). The van der Waals surface area contributed by atoms with Crippen molar-refractivity contribution in [1.29, 1.82) is 0 Å². The Labute approximate surface area is 115 Å². The fourth-order valence-corrected chi connectivity index (χ4v) is 1.77. The van der Waals surface area contributed by atoms with Crippen LogP contribution in [0.5, 0.6) is 0 Å². The fraction of sp³-hybridized carbons (Fsp3) is 0.533. The third-order valence-corrected chi connectivity index (χ3v) is 2.85. The van der Waals surface area contributed by atoms with E-state index < -0.39 is 0 Å². The van der Waals surface area contributed by atoms with Crippen LogP contribution in [0.4, 0.5) is 5.69 Å². The largest absolute Gasteiger partial charge is 0.393 e. The Hall–Kier alpha value is -1.55. The van der Waals surface area contributed by atoms with Crippen molar-refractivity contribution in [2.24, 2.45) is 0 Å². The first-order chi connectivity index (χ1) is 9.04. The van der Waals surface area contributed by atoms with E-state index >= 15 is 0 Å². The van der Waals surface area contributed by atoms with Gasteiger partial charge in [0, 0.05) is 18.3 Å². The van der Waals surface area contributed by atoms with E-state index in [-0.39, 0.29) is 18.1 Å². The molecule has 1 rings (SSSR count). The number of aliphatic hydroxyl groups is 1. The van der Waals surface area contributed by atoms with Crippen molar-refractivity contribution in [2.75, 3.05) is 11.9 Å². The molecule has 4 nitrogen and oxygen atoms in total. The molecule has 3 N–H and O–H groups in total. The highest BCUT2D eigenvalue weighted by Crippen LogP contribution is 2.15. The van der Waals surface area contributed by atoms with E-state index in [2.05, 4.69) is 10.6 Å². The summed E-state index contributed by atoms with van der Waals surface area (Å²) in [5.74, 6) is -0.105. The first-order valence-corrected chi connectivity index (χ1v) is 6.86. The van der Waals surface area contributed by atoms with Crippen molar-refractivity contribution < 1.29 is 9.90 Å². The number of carbonyl (C=O) groups is 1. The van der Waals surface area contributed by atoms with Crippen molar-refractivity contribution in [2.45, 2.75) is 45.8 Å². The highest BCUT2D eigenvalue weighted by atomic mass is 16.3. The van der Waals surface area contributed by atoms with E-state index in [1.54, 1.807) is 6.07 Å². The quantitative estimate of drug-likeness (QED) is 0.708. The lowest BCUT2D eigenvalue weighted by molar-refractivity contribution is 0.0942. The third-order valence-electron chi connectivity index (χ3n) is 2.85. The van der Waals surface area contributed by atoms with E-state index in [0.717, 1.165) is 5.69 Å². The zero-order valence-electron chi connectivity index (χ0n) is 11.9. The average molecular weight is 264 g/mol. The third kappa shape index (κ3) is 5.30. The lowest BCUT2D eigenvalue weighted by atomic mass is 10.1. The topological polar surface area (TPSA) is 61.4 Å². The Balaban J connectivity index is 2.61. The molecule has 0 radical (unpaired) electrons. The summed E-state index contributed by atoms with van der Waals surface area (Å²) in [6, 6.07) is 7.73. The van der Waals surface area contributed by atoms with E-state index in [1.807, 2.05) is 39.0 Å². The van der Waals surface area contributed by atoms with Crippen LogP contribution >= 0.6 is 0 Å². The molecule has 0 aliphatic heterocycles. The van der Waals surface area contributed by atoms with Crippen LogP contribution in [-0.4, -0.2) is 29.7 Å². The molecule has 1 aromatic carbocycles. The summed E-state index contributed by atoms with van der Waals surface area (Å²) >= 11 is 0. The van der Waals surface area contributed by atoms with Crippen LogP contribution in [-0.2, 0) is 0 Å². The molecule has 0 saturated carbocycles. The van der Waals surface area contributed by atoms with Gasteiger partial charge in [0.15, 0.2) is 0 Å². The van der Waals surface area contributed by atoms with Crippen LogP contribution in [0.25, 0.3) is 0 Å². The van der Waals surface area contributed by atoms with Gasteiger partial charge in [-0.1, -0.05) is 19.1 Å². The molecule has 0 saturated heterocycles. The van der Waals surface area contributed by atoms with Crippen molar-refractivity contribution in [1.82, 2.24) is 5.32 Å². The van der Waals surface area contributed by atoms with Gasteiger partial charge in [-0.25, -0.2) is 0 Å². The predicted octanol–water partition coefficient (Wildman–Crippen LogP) is 2.40. The number of nitrogens with one attached hydrogen (secondary N) is 2. The second-order valence-corrected chi connectivity index (χ2v) is 4.95. The van der Waals surface area contributed by atoms with Gasteiger partial charge in [-0.2, -0.15) is 0 Å². The molecule has 19 heavy (non-hydrogen) atoms.